The summed E-state index contributed by atoms with van der Waals surface area (Å²) in [7, 11) is 0. The molecule has 0 saturated heterocycles. The van der Waals surface area contributed by atoms with Gasteiger partial charge < -0.3 is 9.84 Å². The van der Waals surface area contributed by atoms with Gasteiger partial charge in [-0.25, -0.2) is 4.79 Å². The molecule has 0 aromatic carbocycles. The van der Waals surface area contributed by atoms with Crippen molar-refractivity contribution in [1.29, 1.82) is 0 Å². The van der Waals surface area contributed by atoms with Gasteiger partial charge in [-0.1, -0.05) is 0 Å². The zero-order valence-corrected chi connectivity index (χ0v) is 6.65. The molecule has 0 saturated carbocycles. The van der Waals surface area contributed by atoms with Crippen molar-refractivity contribution in [3.63, 3.8) is 0 Å². The summed E-state index contributed by atoms with van der Waals surface area (Å²) in [6.45, 7) is 2.33. The normalized spacial score (nSPS) is 9.42. The summed E-state index contributed by atoms with van der Waals surface area (Å²) < 4.78 is 5.07. The van der Waals surface area contributed by atoms with Crippen molar-refractivity contribution >= 4 is 5.97 Å². The van der Waals surface area contributed by atoms with Gasteiger partial charge in [0.1, 0.15) is 5.75 Å². The molecular weight excluding hydrogens is 158 g/mol. The molecule has 1 heterocycles. The molecule has 0 spiro atoms. The van der Waals surface area contributed by atoms with Crippen LogP contribution in [0.2, 0.25) is 0 Å². The second-order valence-corrected chi connectivity index (χ2v) is 2.15. The minimum atomic E-state index is -0.996. The summed E-state index contributed by atoms with van der Waals surface area (Å²) in [4.78, 5) is 14.2. The number of rotatable bonds is 3. The van der Waals surface area contributed by atoms with Crippen molar-refractivity contribution in [2.24, 2.45) is 0 Å². The van der Waals surface area contributed by atoms with Crippen LogP contribution < -0.4 is 4.74 Å². The number of aromatic carboxylic acids is 1. The van der Waals surface area contributed by atoms with Crippen molar-refractivity contribution in [2.75, 3.05) is 6.61 Å². The quantitative estimate of drug-likeness (QED) is 0.734. The molecule has 0 radical (unpaired) electrons. The fraction of sp³-hybridized carbons (Fsp3) is 0.250. The highest BCUT2D eigenvalue weighted by atomic mass is 16.5. The van der Waals surface area contributed by atoms with Gasteiger partial charge in [0.25, 0.3) is 0 Å². The zero-order chi connectivity index (χ0) is 8.97. The third-order valence-electron chi connectivity index (χ3n) is 1.27. The van der Waals surface area contributed by atoms with E-state index in [0.29, 0.717) is 12.4 Å². The predicted octanol–water partition coefficient (Wildman–Crippen LogP) is 1.18. The van der Waals surface area contributed by atoms with Crippen molar-refractivity contribution in [1.82, 2.24) is 4.98 Å². The summed E-state index contributed by atoms with van der Waals surface area (Å²) in [6.07, 6.45) is 2.76. The van der Waals surface area contributed by atoms with E-state index in [9.17, 15) is 4.79 Å². The van der Waals surface area contributed by atoms with Gasteiger partial charge in [-0.2, -0.15) is 0 Å². The first-order chi connectivity index (χ1) is 5.74. The summed E-state index contributed by atoms with van der Waals surface area (Å²) in [6, 6.07) is 1.44. The first-order valence-electron chi connectivity index (χ1n) is 3.55. The number of nitrogens with zero attached hydrogens (tertiary/aromatic N) is 1. The SMILES string of the molecule is CCOc1cncc(C(=O)O)c1. The van der Waals surface area contributed by atoms with E-state index in [1.54, 1.807) is 0 Å². The Morgan fingerprint density at radius 3 is 3.00 bits per heavy atom. The van der Waals surface area contributed by atoms with E-state index in [-0.39, 0.29) is 5.56 Å². The lowest BCUT2D eigenvalue weighted by Crippen LogP contribution is -1.99. The van der Waals surface area contributed by atoms with Crippen LogP contribution in [0.25, 0.3) is 0 Å². The van der Waals surface area contributed by atoms with Crippen LogP contribution >= 0.6 is 0 Å². The first kappa shape index (κ1) is 8.52. The van der Waals surface area contributed by atoms with Crippen LogP contribution in [-0.2, 0) is 0 Å². The Balaban J connectivity index is 2.88. The van der Waals surface area contributed by atoms with Crippen LogP contribution in [0.4, 0.5) is 0 Å². The maximum absolute atomic E-state index is 10.5. The van der Waals surface area contributed by atoms with Gasteiger partial charge in [0.2, 0.25) is 0 Å². The smallest absolute Gasteiger partial charge is 0.337 e. The minimum Gasteiger partial charge on any atom is -0.492 e. The summed E-state index contributed by atoms with van der Waals surface area (Å²) in [5, 5.41) is 8.58. The van der Waals surface area contributed by atoms with Crippen molar-refractivity contribution < 1.29 is 14.6 Å². The van der Waals surface area contributed by atoms with Gasteiger partial charge in [0, 0.05) is 6.20 Å². The molecule has 4 nitrogen and oxygen atoms in total. The summed E-state index contributed by atoms with van der Waals surface area (Å²) >= 11 is 0. The van der Waals surface area contributed by atoms with Crippen LogP contribution in [0, 0.1) is 0 Å². The van der Waals surface area contributed by atoms with Crippen LogP contribution in [0.1, 0.15) is 17.3 Å². The topological polar surface area (TPSA) is 59.4 Å². The third-order valence-corrected chi connectivity index (χ3v) is 1.27. The number of aromatic nitrogens is 1. The molecule has 64 valence electrons. The second kappa shape index (κ2) is 3.71. The van der Waals surface area contributed by atoms with E-state index >= 15 is 0 Å². The molecule has 12 heavy (non-hydrogen) atoms. The number of hydrogen-bond donors (Lipinski definition) is 1. The molecule has 0 aliphatic rings. The Kier molecular flexibility index (Phi) is 2.63. The monoisotopic (exact) mass is 167 g/mol. The highest BCUT2D eigenvalue weighted by molar-refractivity contribution is 5.87. The fourth-order valence-corrected chi connectivity index (χ4v) is 0.781. The molecule has 1 aromatic rings. The zero-order valence-electron chi connectivity index (χ0n) is 6.65. The lowest BCUT2D eigenvalue weighted by Gasteiger charge is -2.01. The molecule has 0 unspecified atom stereocenters. The van der Waals surface area contributed by atoms with Gasteiger partial charge in [-0.05, 0) is 13.0 Å². The molecule has 1 N–H and O–H groups in total. The average molecular weight is 167 g/mol. The van der Waals surface area contributed by atoms with Crippen LogP contribution in [0.5, 0.6) is 5.75 Å². The Hall–Kier alpha value is -1.58. The van der Waals surface area contributed by atoms with Gasteiger partial charge in [-0.3, -0.25) is 4.98 Å². The molecule has 1 aromatic heterocycles. The van der Waals surface area contributed by atoms with E-state index in [1.165, 1.54) is 18.5 Å². The second-order valence-electron chi connectivity index (χ2n) is 2.15. The van der Waals surface area contributed by atoms with Crippen LogP contribution in [0.15, 0.2) is 18.5 Å². The number of hydrogen-bond acceptors (Lipinski definition) is 3. The van der Waals surface area contributed by atoms with Crippen molar-refractivity contribution in [3.05, 3.63) is 24.0 Å². The third kappa shape index (κ3) is 1.95. The predicted molar refractivity (Wildman–Crippen MR) is 42.4 cm³/mol. The van der Waals surface area contributed by atoms with Gasteiger partial charge in [0.05, 0.1) is 18.4 Å². The van der Waals surface area contributed by atoms with E-state index in [0.717, 1.165) is 0 Å². The number of carbonyl (C=O) groups is 1. The Labute approximate surface area is 69.8 Å². The number of ether oxygens (including phenoxy) is 1. The Morgan fingerprint density at radius 2 is 2.42 bits per heavy atom. The van der Waals surface area contributed by atoms with E-state index < -0.39 is 5.97 Å². The molecule has 0 fully saturated rings. The molecule has 0 atom stereocenters. The lowest BCUT2D eigenvalue weighted by molar-refractivity contribution is 0.0696. The molecule has 4 heteroatoms. The molecule has 0 aliphatic carbocycles. The summed E-state index contributed by atoms with van der Waals surface area (Å²) in [5.41, 5.74) is 0.140. The van der Waals surface area contributed by atoms with E-state index in [1.807, 2.05) is 6.92 Å². The van der Waals surface area contributed by atoms with Crippen LogP contribution in [-0.4, -0.2) is 22.7 Å². The fourth-order valence-electron chi connectivity index (χ4n) is 0.781. The molecule has 1 rings (SSSR count). The molecule has 0 bridgehead atoms. The minimum absolute atomic E-state index is 0.140. The number of carboxylic acid groups (broad SMARTS) is 1. The summed E-state index contributed by atoms with van der Waals surface area (Å²) in [5.74, 6) is -0.513. The standard InChI is InChI=1S/C8H9NO3/c1-2-12-7-3-6(8(10)11)4-9-5-7/h3-5H,2H2,1H3,(H,10,11). The molecular formula is C8H9NO3. The number of carboxylic acids is 1. The highest BCUT2D eigenvalue weighted by Crippen LogP contribution is 2.10. The molecule has 0 aliphatic heterocycles. The van der Waals surface area contributed by atoms with E-state index in [2.05, 4.69) is 4.98 Å². The lowest BCUT2D eigenvalue weighted by atomic mass is 10.3. The molecule has 0 amide bonds. The Bertz CT molecular complexity index is 285. The van der Waals surface area contributed by atoms with Gasteiger partial charge in [0.15, 0.2) is 0 Å². The van der Waals surface area contributed by atoms with Crippen LogP contribution in [0.3, 0.4) is 0 Å². The van der Waals surface area contributed by atoms with Crippen molar-refractivity contribution in [2.45, 2.75) is 6.92 Å². The van der Waals surface area contributed by atoms with E-state index in [4.69, 9.17) is 9.84 Å². The largest absolute Gasteiger partial charge is 0.492 e. The van der Waals surface area contributed by atoms with Gasteiger partial charge in [-0.15, -0.1) is 0 Å². The Morgan fingerprint density at radius 1 is 1.67 bits per heavy atom. The maximum atomic E-state index is 10.5. The average Bonchev–Trinajstić information content (AvgIpc) is 2.05. The number of pyridine rings is 1. The van der Waals surface area contributed by atoms with Crippen molar-refractivity contribution in [3.8, 4) is 5.75 Å². The van der Waals surface area contributed by atoms with Gasteiger partial charge >= 0.3 is 5.97 Å². The maximum Gasteiger partial charge on any atom is 0.337 e. The first-order valence-corrected chi connectivity index (χ1v) is 3.55. The highest BCUT2D eigenvalue weighted by Gasteiger charge is 2.03.